The van der Waals surface area contributed by atoms with E-state index in [1.165, 1.54) is 37.9 Å². The molecule has 0 unspecified atom stereocenters. The van der Waals surface area contributed by atoms with Crippen molar-refractivity contribution in [2.24, 2.45) is 0 Å². The molecule has 0 amide bonds. The normalized spacial score (nSPS) is 28.0. The first kappa shape index (κ1) is 15.0. The second-order valence-electron chi connectivity index (χ2n) is 6.82. The molecule has 2 fully saturated rings. The van der Waals surface area contributed by atoms with Crippen LogP contribution in [-0.2, 0) is 6.42 Å². The zero-order valence-electron chi connectivity index (χ0n) is 13.0. The smallest absolute Gasteiger partial charge is 0.0912 e. The third-order valence-corrected chi connectivity index (χ3v) is 4.94. The Kier molecular flexibility index (Phi) is 4.94. The third kappa shape index (κ3) is 4.29. The second-order valence-corrected chi connectivity index (χ2v) is 6.82. The molecule has 0 aliphatic carbocycles. The lowest BCUT2D eigenvalue weighted by Gasteiger charge is -2.33. The van der Waals surface area contributed by atoms with Crippen LogP contribution in [0.2, 0.25) is 0 Å². The monoisotopic (exact) mass is 288 g/mol. The molecule has 3 rings (SSSR count). The van der Waals surface area contributed by atoms with Gasteiger partial charge in [0.05, 0.1) is 5.60 Å². The summed E-state index contributed by atoms with van der Waals surface area (Å²) in [6.07, 6.45) is 5.97. The van der Waals surface area contributed by atoms with Crippen LogP contribution in [0.5, 0.6) is 0 Å². The van der Waals surface area contributed by atoms with Gasteiger partial charge in [0, 0.05) is 26.2 Å². The zero-order valence-corrected chi connectivity index (χ0v) is 13.0. The largest absolute Gasteiger partial charge is 0.387 e. The Morgan fingerprint density at radius 2 is 1.71 bits per heavy atom. The molecule has 2 aliphatic rings. The first-order valence-corrected chi connectivity index (χ1v) is 8.45. The lowest BCUT2D eigenvalue weighted by atomic mass is 10.0. The number of likely N-dealkylation sites (tertiary alicyclic amines) is 2. The van der Waals surface area contributed by atoms with Crippen molar-refractivity contribution in [2.75, 3.05) is 39.3 Å². The number of rotatable bonds is 5. The summed E-state index contributed by atoms with van der Waals surface area (Å²) < 4.78 is 0. The molecule has 0 spiro atoms. The van der Waals surface area contributed by atoms with E-state index in [9.17, 15) is 5.11 Å². The minimum absolute atomic E-state index is 0.478. The predicted molar refractivity (Wildman–Crippen MR) is 86.4 cm³/mol. The molecule has 1 aromatic rings. The second kappa shape index (κ2) is 6.91. The average molecular weight is 288 g/mol. The molecule has 3 nitrogen and oxygen atoms in total. The number of hydrogen-bond donors (Lipinski definition) is 1. The van der Waals surface area contributed by atoms with Gasteiger partial charge in [-0.25, -0.2) is 0 Å². The van der Waals surface area contributed by atoms with Gasteiger partial charge < -0.3 is 10.0 Å². The molecule has 0 saturated carbocycles. The van der Waals surface area contributed by atoms with Crippen LogP contribution in [0.15, 0.2) is 30.3 Å². The molecule has 0 aromatic heterocycles. The van der Waals surface area contributed by atoms with Gasteiger partial charge in [-0.2, -0.15) is 0 Å². The quantitative estimate of drug-likeness (QED) is 0.899. The molecule has 3 heteroatoms. The summed E-state index contributed by atoms with van der Waals surface area (Å²) in [4.78, 5) is 4.89. The highest BCUT2D eigenvalue weighted by Crippen LogP contribution is 2.24. The van der Waals surface area contributed by atoms with Crippen LogP contribution >= 0.6 is 0 Å². The maximum Gasteiger partial charge on any atom is 0.0912 e. The van der Waals surface area contributed by atoms with E-state index in [1.807, 2.05) is 0 Å². The highest BCUT2D eigenvalue weighted by Gasteiger charge is 2.37. The Hall–Kier alpha value is -0.900. The molecule has 2 saturated heterocycles. The van der Waals surface area contributed by atoms with Crippen molar-refractivity contribution in [3.8, 4) is 0 Å². The molecule has 116 valence electrons. The minimum Gasteiger partial charge on any atom is -0.387 e. The molecule has 21 heavy (non-hydrogen) atoms. The van der Waals surface area contributed by atoms with Crippen molar-refractivity contribution in [1.29, 1.82) is 0 Å². The Bertz CT molecular complexity index is 430. The summed E-state index contributed by atoms with van der Waals surface area (Å²) in [5.74, 6) is 0. The first-order valence-electron chi connectivity index (χ1n) is 8.45. The van der Waals surface area contributed by atoms with Crippen molar-refractivity contribution < 1.29 is 5.11 Å². The van der Waals surface area contributed by atoms with Gasteiger partial charge in [-0.05, 0) is 44.3 Å². The van der Waals surface area contributed by atoms with Gasteiger partial charge in [0.25, 0.3) is 0 Å². The maximum absolute atomic E-state index is 10.8. The average Bonchev–Trinajstić information content (AvgIpc) is 2.88. The van der Waals surface area contributed by atoms with Crippen LogP contribution in [0.1, 0.15) is 31.2 Å². The lowest BCUT2D eigenvalue weighted by Crippen LogP contribution is -2.46. The van der Waals surface area contributed by atoms with Crippen molar-refractivity contribution in [2.45, 2.75) is 37.7 Å². The molecular weight excluding hydrogens is 260 g/mol. The van der Waals surface area contributed by atoms with Gasteiger partial charge in [0.2, 0.25) is 0 Å². The summed E-state index contributed by atoms with van der Waals surface area (Å²) in [5.41, 5.74) is 0.914. The zero-order chi connectivity index (χ0) is 14.5. The SMILES string of the molecule is O[C@@]1(CN2CCCCC2)CCN(CCc2ccccc2)C1. The van der Waals surface area contributed by atoms with Crippen LogP contribution in [0.4, 0.5) is 0 Å². The Morgan fingerprint density at radius 3 is 2.48 bits per heavy atom. The van der Waals surface area contributed by atoms with Gasteiger partial charge >= 0.3 is 0 Å². The van der Waals surface area contributed by atoms with Gasteiger partial charge in [0.1, 0.15) is 0 Å². The van der Waals surface area contributed by atoms with Gasteiger partial charge in [-0.1, -0.05) is 36.8 Å². The number of nitrogens with zero attached hydrogens (tertiary/aromatic N) is 2. The first-order chi connectivity index (χ1) is 10.2. The van der Waals surface area contributed by atoms with Crippen molar-refractivity contribution in [1.82, 2.24) is 9.80 Å². The van der Waals surface area contributed by atoms with E-state index in [1.54, 1.807) is 0 Å². The molecule has 1 atom stereocenters. The van der Waals surface area contributed by atoms with E-state index in [0.717, 1.165) is 39.0 Å². The van der Waals surface area contributed by atoms with E-state index in [4.69, 9.17) is 0 Å². The van der Waals surface area contributed by atoms with Crippen LogP contribution < -0.4 is 0 Å². The topological polar surface area (TPSA) is 26.7 Å². The van der Waals surface area contributed by atoms with Gasteiger partial charge in [0.15, 0.2) is 0 Å². The van der Waals surface area contributed by atoms with Crippen LogP contribution in [-0.4, -0.2) is 59.8 Å². The Balaban J connectivity index is 1.45. The fourth-order valence-corrected chi connectivity index (χ4v) is 3.73. The Morgan fingerprint density at radius 1 is 0.952 bits per heavy atom. The summed E-state index contributed by atoms with van der Waals surface area (Å²) in [6.45, 7) is 6.16. The molecule has 0 radical (unpaired) electrons. The number of benzene rings is 1. The lowest BCUT2D eigenvalue weighted by molar-refractivity contribution is 0.00699. The molecule has 2 aliphatic heterocycles. The van der Waals surface area contributed by atoms with E-state index >= 15 is 0 Å². The summed E-state index contributed by atoms with van der Waals surface area (Å²) >= 11 is 0. The fraction of sp³-hybridized carbons (Fsp3) is 0.667. The summed E-state index contributed by atoms with van der Waals surface area (Å²) in [5, 5.41) is 10.8. The van der Waals surface area contributed by atoms with Crippen LogP contribution in [0.3, 0.4) is 0 Å². The summed E-state index contributed by atoms with van der Waals surface area (Å²) in [7, 11) is 0. The third-order valence-electron chi connectivity index (χ3n) is 4.94. The molecule has 2 heterocycles. The molecule has 1 N–H and O–H groups in total. The fourth-order valence-electron chi connectivity index (χ4n) is 3.73. The van der Waals surface area contributed by atoms with E-state index in [0.29, 0.717) is 0 Å². The molecule has 1 aromatic carbocycles. The maximum atomic E-state index is 10.8. The highest BCUT2D eigenvalue weighted by atomic mass is 16.3. The van der Waals surface area contributed by atoms with Crippen LogP contribution in [0, 0.1) is 0 Å². The predicted octanol–water partition coefficient (Wildman–Crippen LogP) is 2.15. The molecular formula is C18H28N2O. The number of aliphatic hydroxyl groups is 1. The van der Waals surface area contributed by atoms with Crippen molar-refractivity contribution in [3.05, 3.63) is 35.9 Å². The highest BCUT2D eigenvalue weighted by molar-refractivity contribution is 5.15. The van der Waals surface area contributed by atoms with E-state index in [-0.39, 0.29) is 0 Å². The van der Waals surface area contributed by atoms with Gasteiger partial charge in [-0.3, -0.25) is 4.90 Å². The number of piperidine rings is 1. The van der Waals surface area contributed by atoms with Crippen LogP contribution in [0.25, 0.3) is 0 Å². The van der Waals surface area contributed by atoms with Crippen molar-refractivity contribution in [3.63, 3.8) is 0 Å². The van der Waals surface area contributed by atoms with Crippen molar-refractivity contribution >= 4 is 0 Å². The van der Waals surface area contributed by atoms with Gasteiger partial charge in [-0.15, -0.1) is 0 Å². The van der Waals surface area contributed by atoms with E-state index in [2.05, 4.69) is 40.1 Å². The number of hydrogen-bond acceptors (Lipinski definition) is 3. The standard InChI is InChI=1S/C18H28N2O/c21-18(15-19-11-5-2-6-12-19)10-14-20(16-18)13-9-17-7-3-1-4-8-17/h1,3-4,7-8,21H,2,5-6,9-16H2/t18-/m1/s1. The minimum atomic E-state index is -0.478. The van der Waals surface area contributed by atoms with E-state index < -0.39 is 5.60 Å². The Labute approximate surface area is 128 Å². The molecule has 0 bridgehead atoms. The number of β-amino-alcohol motifs (C(OH)–C–C–N with tert-alkyl or cyclic N) is 1. The summed E-state index contributed by atoms with van der Waals surface area (Å²) in [6, 6.07) is 10.7.